The molecular weight excluding hydrogens is 282 g/mol. The number of Topliss-reactive ketones (excluding diaryl/α,β-unsaturated/α-hetero) is 1. The van der Waals surface area contributed by atoms with Crippen molar-refractivity contribution in [1.29, 1.82) is 0 Å². The van der Waals surface area contributed by atoms with E-state index in [9.17, 15) is 4.79 Å². The molecule has 124 valence electrons. The van der Waals surface area contributed by atoms with Crippen LogP contribution in [-0.2, 0) is 4.79 Å². The number of allylic oxidation sites excluding steroid dienone is 1. The van der Waals surface area contributed by atoms with Crippen molar-refractivity contribution in [3.05, 3.63) is 42.0 Å². The maximum atomic E-state index is 12.8. The second-order valence-electron chi connectivity index (χ2n) is 7.54. The quantitative estimate of drug-likeness (QED) is 0.815. The number of carbonyl (C=O) groups excluding carboxylic acids is 1. The number of benzene rings is 1. The molecule has 3 aliphatic rings. The predicted molar refractivity (Wildman–Crippen MR) is 96.4 cm³/mol. The summed E-state index contributed by atoms with van der Waals surface area (Å²) in [5.41, 5.74) is 3.63. The van der Waals surface area contributed by atoms with E-state index in [1.807, 2.05) is 13.8 Å². The molecule has 0 amide bonds. The van der Waals surface area contributed by atoms with Crippen molar-refractivity contribution in [3.8, 4) is 0 Å². The minimum atomic E-state index is 0.160. The maximum Gasteiger partial charge on any atom is 0.137 e. The summed E-state index contributed by atoms with van der Waals surface area (Å²) in [6.45, 7) is 9.23. The lowest BCUT2D eigenvalue weighted by molar-refractivity contribution is -0.125. The van der Waals surface area contributed by atoms with Gasteiger partial charge in [-0.15, -0.1) is 0 Å². The fourth-order valence-corrected chi connectivity index (χ4v) is 4.71. The van der Waals surface area contributed by atoms with E-state index in [0.29, 0.717) is 24.2 Å². The standard InChI is InChI=1S/C21H29NO/c1-5-20(23)21-18(12-15-6-11-19(21)22(4)13-15)17-9-7-16(8-10-17)14(2)3/h7-10,15,18-19,21H,2,5-6,11-13H2,1,3-4H3/t15?,18-,19?,21+/m0/s1. The van der Waals surface area contributed by atoms with Gasteiger partial charge in [0.25, 0.3) is 0 Å². The van der Waals surface area contributed by atoms with E-state index >= 15 is 0 Å². The first-order valence-corrected chi connectivity index (χ1v) is 9.00. The summed E-state index contributed by atoms with van der Waals surface area (Å²) in [5, 5.41) is 0. The summed E-state index contributed by atoms with van der Waals surface area (Å²) in [4.78, 5) is 15.2. The molecule has 0 N–H and O–H groups in total. The predicted octanol–water partition coefficient (Wildman–Crippen LogP) is 4.51. The van der Waals surface area contributed by atoms with Gasteiger partial charge in [0.2, 0.25) is 0 Å². The van der Waals surface area contributed by atoms with Gasteiger partial charge in [0.1, 0.15) is 5.78 Å². The average molecular weight is 311 g/mol. The third kappa shape index (κ3) is 3.14. The van der Waals surface area contributed by atoms with E-state index in [4.69, 9.17) is 0 Å². The van der Waals surface area contributed by atoms with Gasteiger partial charge in [-0.25, -0.2) is 0 Å². The lowest BCUT2D eigenvalue weighted by Gasteiger charge is -2.37. The first-order valence-electron chi connectivity index (χ1n) is 9.00. The molecule has 2 heterocycles. The average Bonchev–Trinajstić information content (AvgIpc) is 2.81. The zero-order valence-corrected chi connectivity index (χ0v) is 14.7. The van der Waals surface area contributed by atoms with Gasteiger partial charge in [-0.1, -0.05) is 43.3 Å². The number of hydrogen-bond acceptors (Lipinski definition) is 2. The summed E-state index contributed by atoms with van der Waals surface area (Å²) < 4.78 is 0. The van der Waals surface area contributed by atoms with Crippen molar-refractivity contribution < 1.29 is 4.79 Å². The first-order chi connectivity index (χ1) is 11.0. The number of fused-ring (bicyclic) bond motifs is 4. The number of nitrogens with zero attached hydrogens (tertiary/aromatic N) is 1. The van der Waals surface area contributed by atoms with Crippen LogP contribution in [0.25, 0.3) is 5.57 Å². The Bertz CT molecular complexity index is 588. The molecule has 23 heavy (non-hydrogen) atoms. The SMILES string of the molecule is C=C(C)c1ccc([C@@H]2CC3CCC([C@@H]2C(=O)CC)N(C)C3)cc1. The van der Waals surface area contributed by atoms with Gasteiger partial charge in [0, 0.05) is 24.9 Å². The van der Waals surface area contributed by atoms with Crippen molar-refractivity contribution in [2.45, 2.75) is 51.5 Å². The van der Waals surface area contributed by atoms with Gasteiger partial charge in [-0.2, -0.15) is 0 Å². The Morgan fingerprint density at radius 3 is 2.52 bits per heavy atom. The monoisotopic (exact) mass is 311 g/mol. The number of rotatable bonds is 4. The molecule has 2 unspecified atom stereocenters. The number of ketones is 1. The molecule has 2 nitrogen and oxygen atoms in total. The van der Waals surface area contributed by atoms with Crippen molar-refractivity contribution in [2.75, 3.05) is 13.6 Å². The van der Waals surface area contributed by atoms with Crippen LogP contribution >= 0.6 is 0 Å². The fourth-order valence-electron chi connectivity index (χ4n) is 4.71. The largest absolute Gasteiger partial charge is 0.302 e. The molecule has 2 aliphatic heterocycles. The van der Waals surface area contributed by atoms with Gasteiger partial charge >= 0.3 is 0 Å². The Hall–Kier alpha value is -1.41. The van der Waals surface area contributed by atoms with Crippen molar-refractivity contribution >= 4 is 11.4 Å². The first kappa shape index (κ1) is 16.4. The highest BCUT2D eigenvalue weighted by Crippen LogP contribution is 2.45. The van der Waals surface area contributed by atoms with Crippen LogP contribution in [0.15, 0.2) is 30.8 Å². The van der Waals surface area contributed by atoms with E-state index < -0.39 is 0 Å². The van der Waals surface area contributed by atoms with Crippen molar-refractivity contribution in [2.24, 2.45) is 11.8 Å². The third-order valence-electron chi connectivity index (χ3n) is 5.97. The second-order valence-corrected chi connectivity index (χ2v) is 7.54. The Kier molecular flexibility index (Phi) is 4.72. The summed E-state index contributed by atoms with van der Waals surface area (Å²) in [7, 11) is 2.21. The normalized spacial score (nSPS) is 30.9. The van der Waals surface area contributed by atoms with E-state index in [-0.39, 0.29) is 5.92 Å². The molecule has 2 heteroatoms. The van der Waals surface area contributed by atoms with Crippen LogP contribution < -0.4 is 0 Å². The molecule has 0 aromatic heterocycles. The zero-order valence-electron chi connectivity index (χ0n) is 14.7. The number of hydrogen-bond donors (Lipinski definition) is 0. The van der Waals surface area contributed by atoms with Crippen LogP contribution in [0, 0.1) is 11.8 Å². The van der Waals surface area contributed by atoms with Crippen LogP contribution in [0.3, 0.4) is 0 Å². The maximum absolute atomic E-state index is 12.8. The number of piperidine rings is 1. The third-order valence-corrected chi connectivity index (χ3v) is 5.97. The van der Waals surface area contributed by atoms with Crippen LogP contribution in [0.1, 0.15) is 56.6 Å². The highest BCUT2D eigenvalue weighted by molar-refractivity contribution is 5.82. The summed E-state index contributed by atoms with van der Waals surface area (Å²) >= 11 is 0. The van der Waals surface area contributed by atoms with Crippen molar-refractivity contribution in [3.63, 3.8) is 0 Å². The highest BCUT2D eigenvalue weighted by atomic mass is 16.1. The second kappa shape index (κ2) is 6.60. The molecule has 1 saturated carbocycles. The van der Waals surface area contributed by atoms with Gasteiger partial charge in [0.05, 0.1) is 0 Å². The molecule has 1 aromatic rings. The molecule has 1 aliphatic carbocycles. The Morgan fingerprint density at radius 1 is 1.26 bits per heavy atom. The summed E-state index contributed by atoms with van der Waals surface area (Å²) in [5.74, 6) is 1.72. The van der Waals surface area contributed by atoms with Crippen LogP contribution in [-0.4, -0.2) is 30.3 Å². The van der Waals surface area contributed by atoms with Crippen molar-refractivity contribution in [1.82, 2.24) is 4.90 Å². The fraction of sp³-hybridized carbons (Fsp3) is 0.571. The van der Waals surface area contributed by atoms with E-state index in [0.717, 1.165) is 24.5 Å². The molecule has 0 spiro atoms. The van der Waals surface area contributed by atoms with E-state index in [2.05, 4.69) is 42.8 Å². The molecule has 4 rings (SSSR count). The molecule has 4 atom stereocenters. The van der Waals surface area contributed by atoms with Gasteiger partial charge < -0.3 is 4.90 Å². The molecule has 1 aromatic carbocycles. The Labute approximate surface area is 140 Å². The summed E-state index contributed by atoms with van der Waals surface area (Å²) in [6.07, 6.45) is 4.27. The van der Waals surface area contributed by atoms with Crippen LogP contribution in [0.4, 0.5) is 0 Å². The van der Waals surface area contributed by atoms with Gasteiger partial charge in [-0.05, 0) is 56.2 Å². The minimum absolute atomic E-state index is 0.160. The van der Waals surface area contributed by atoms with Crippen LogP contribution in [0.2, 0.25) is 0 Å². The Morgan fingerprint density at radius 2 is 1.96 bits per heavy atom. The van der Waals surface area contributed by atoms with Gasteiger partial charge in [-0.3, -0.25) is 4.79 Å². The lowest BCUT2D eigenvalue weighted by atomic mass is 9.76. The summed E-state index contributed by atoms with van der Waals surface area (Å²) in [6, 6.07) is 9.22. The topological polar surface area (TPSA) is 20.3 Å². The lowest BCUT2D eigenvalue weighted by Crippen LogP contribution is -2.45. The molecular formula is C21H29NO. The molecule has 3 fully saturated rings. The number of carbonyl (C=O) groups is 1. The molecule has 2 bridgehead atoms. The Balaban J connectivity index is 1.97. The van der Waals surface area contributed by atoms with E-state index in [1.54, 1.807) is 0 Å². The molecule has 0 radical (unpaired) electrons. The van der Waals surface area contributed by atoms with E-state index in [1.165, 1.54) is 24.0 Å². The highest BCUT2D eigenvalue weighted by Gasteiger charge is 2.44. The molecule has 2 saturated heterocycles. The van der Waals surface area contributed by atoms with Crippen LogP contribution in [0.5, 0.6) is 0 Å². The minimum Gasteiger partial charge on any atom is -0.302 e. The zero-order chi connectivity index (χ0) is 16.6. The van der Waals surface area contributed by atoms with Gasteiger partial charge in [0.15, 0.2) is 0 Å². The smallest absolute Gasteiger partial charge is 0.137 e.